The van der Waals surface area contributed by atoms with Gasteiger partial charge < -0.3 is 25.2 Å². The second-order valence-electron chi connectivity index (χ2n) is 8.90. The number of rotatable bonds is 7. The lowest BCUT2D eigenvalue weighted by atomic mass is 10.1. The summed E-state index contributed by atoms with van der Waals surface area (Å²) in [7, 11) is 3.28. The van der Waals surface area contributed by atoms with Crippen molar-refractivity contribution in [3.05, 3.63) is 56.3 Å². The van der Waals surface area contributed by atoms with Crippen molar-refractivity contribution in [2.75, 3.05) is 51.0 Å². The number of carbonyl (C=O) groups excluding carboxylic acids is 2. The molecule has 2 fully saturated rings. The van der Waals surface area contributed by atoms with Gasteiger partial charge in [-0.05, 0) is 31.4 Å². The number of carbonyl (C=O) groups is 2. The van der Waals surface area contributed by atoms with Gasteiger partial charge in [-0.1, -0.05) is 15.9 Å². The molecule has 2 amide bonds. The van der Waals surface area contributed by atoms with Crippen LogP contribution in [0.15, 0.2) is 35.1 Å². The van der Waals surface area contributed by atoms with Crippen LogP contribution in [0, 0.1) is 10.1 Å². The minimum absolute atomic E-state index is 0.138. The molecule has 0 saturated carbocycles. The van der Waals surface area contributed by atoms with Gasteiger partial charge in [0.2, 0.25) is 0 Å². The number of hydrogen-bond acceptors (Lipinski definition) is 8. The van der Waals surface area contributed by atoms with Crippen LogP contribution in [0.1, 0.15) is 40.0 Å². The maximum atomic E-state index is 13.4. The van der Waals surface area contributed by atoms with Crippen LogP contribution in [0.4, 0.5) is 17.1 Å². The Morgan fingerprint density at radius 1 is 1.11 bits per heavy atom. The first-order chi connectivity index (χ1) is 17.3. The molecule has 36 heavy (non-hydrogen) atoms. The van der Waals surface area contributed by atoms with Crippen molar-refractivity contribution >= 4 is 44.8 Å². The zero-order valence-electron chi connectivity index (χ0n) is 20.2. The quantitative estimate of drug-likeness (QED) is 0.389. The van der Waals surface area contributed by atoms with Gasteiger partial charge in [0.05, 0.1) is 33.9 Å². The Hall–Kier alpha value is -3.25. The second kappa shape index (κ2) is 11.2. The third-order valence-electron chi connectivity index (χ3n) is 6.61. The number of likely N-dealkylation sites (tertiary alicyclic amines) is 2. The maximum Gasteiger partial charge on any atom is 0.294 e. The van der Waals surface area contributed by atoms with E-state index >= 15 is 0 Å². The molecule has 0 bridgehead atoms. The van der Waals surface area contributed by atoms with Gasteiger partial charge in [-0.3, -0.25) is 24.7 Å². The molecule has 2 saturated heterocycles. The summed E-state index contributed by atoms with van der Waals surface area (Å²) >= 11 is 3.32. The molecule has 2 aromatic rings. The van der Waals surface area contributed by atoms with Gasteiger partial charge in [-0.25, -0.2) is 0 Å². The monoisotopic (exact) mass is 560 g/mol. The number of hydrogen-bond donors (Lipinski definition) is 2. The van der Waals surface area contributed by atoms with Crippen LogP contribution in [0.25, 0.3) is 0 Å². The molecule has 0 spiro atoms. The molecule has 3 heterocycles. The van der Waals surface area contributed by atoms with E-state index in [2.05, 4.69) is 31.5 Å². The van der Waals surface area contributed by atoms with Crippen molar-refractivity contribution in [1.29, 1.82) is 0 Å². The number of nitrogens with one attached hydrogen (secondary N) is 2. The van der Waals surface area contributed by atoms with Crippen molar-refractivity contribution < 1.29 is 19.2 Å². The number of anilines is 2. The molecule has 0 radical (unpaired) electrons. The summed E-state index contributed by atoms with van der Waals surface area (Å²) in [6.45, 7) is 1.76. The van der Waals surface area contributed by atoms with Crippen molar-refractivity contribution in [1.82, 2.24) is 14.8 Å². The molecule has 2 atom stereocenters. The Morgan fingerprint density at radius 2 is 1.86 bits per heavy atom. The van der Waals surface area contributed by atoms with E-state index in [-0.39, 0.29) is 41.8 Å². The van der Waals surface area contributed by atoms with Crippen LogP contribution in [-0.4, -0.2) is 84.0 Å². The normalized spacial score (nSPS) is 19.8. The van der Waals surface area contributed by atoms with Crippen LogP contribution < -0.4 is 10.6 Å². The number of aromatic nitrogens is 1. The summed E-state index contributed by atoms with van der Waals surface area (Å²) in [4.78, 5) is 45.5. The van der Waals surface area contributed by atoms with Crippen molar-refractivity contribution in [3.63, 3.8) is 0 Å². The van der Waals surface area contributed by atoms with Crippen molar-refractivity contribution in [2.24, 2.45) is 0 Å². The number of piperidine rings is 1. The number of pyridine rings is 1. The van der Waals surface area contributed by atoms with E-state index in [1.54, 1.807) is 35.2 Å². The number of nitrogens with zero attached hydrogens (tertiary/aromatic N) is 4. The Labute approximate surface area is 217 Å². The highest BCUT2D eigenvalue weighted by molar-refractivity contribution is 9.10. The van der Waals surface area contributed by atoms with E-state index in [1.807, 2.05) is 0 Å². The number of amides is 2. The molecular weight excluding hydrogens is 532 g/mol. The number of nitro groups is 1. The van der Waals surface area contributed by atoms with Crippen LogP contribution in [0.3, 0.4) is 0 Å². The highest BCUT2D eigenvalue weighted by atomic mass is 79.9. The van der Waals surface area contributed by atoms with Gasteiger partial charge in [-0.2, -0.15) is 0 Å². The van der Waals surface area contributed by atoms with E-state index < -0.39 is 17.1 Å². The summed E-state index contributed by atoms with van der Waals surface area (Å²) in [5, 5.41) is 18.2. The van der Waals surface area contributed by atoms with E-state index in [0.717, 1.165) is 19.3 Å². The Kier molecular flexibility index (Phi) is 8.04. The minimum atomic E-state index is -0.505. The largest absolute Gasteiger partial charge is 0.387 e. The van der Waals surface area contributed by atoms with Crippen molar-refractivity contribution in [2.45, 2.75) is 31.4 Å². The fraction of sp³-hybridized carbons (Fsp3) is 0.458. The number of ether oxygens (including phenoxy) is 1. The SMILES string of the molecule is CNc1cncc(C(=O)N2C[C@H](Nc3c(C(=O)N4CCCCC4)cc(Br)cc3[N+](=O)[O-])[C@@H](OC)C2)c1. The van der Waals surface area contributed by atoms with Gasteiger partial charge >= 0.3 is 0 Å². The summed E-state index contributed by atoms with van der Waals surface area (Å²) in [6, 6.07) is 4.24. The summed E-state index contributed by atoms with van der Waals surface area (Å²) in [6.07, 6.45) is 5.55. The Balaban J connectivity index is 1.63. The molecule has 0 aliphatic carbocycles. The second-order valence-corrected chi connectivity index (χ2v) is 9.82. The number of nitro benzene ring substituents is 1. The molecule has 11 nitrogen and oxygen atoms in total. The van der Waals surface area contributed by atoms with Crippen LogP contribution >= 0.6 is 15.9 Å². The smallest absolute Gasteiger partial charge is 0.294 e. The lowest BCUT2D eigenvalue weighted by molar-refractivity contribution is -0.384. The predicted octanol–water partition coefficient (Wildman–Crippen LogP) is 3.37. The zero-order valence-corrected chi connectivity index (χ0v) is 21.8. The molecule has 2 aliphatic rings. The Morgan fingerprint density at radius 3 is 2.53 bits per heavy atom. The highest BCUT2D eigenvalue weighted by Gasteiger charge is 2.38. The van der Waals surface area contributed by atoms with Gasteiger partial charge in [-0.15, -0.1) is 0 Å². The molecule has 2 N–H and O–H groups in total. The molecule has 2 aliphatic heterocycles. The van der Waals surface area contributed by atoms with Gasteiger partial charge in [0.15, 0.2) is 0 Å². The molecule has 1 aromatic carbocycles. The average molecular weight is 561 g/mol. The molecule has 4 rings (SSSR count). The minimum Gasteiger partial charge on any atom is -0.387 e. The van der Waals surface area contributed by atoms with Crippen LogP contribution in [0.2, 0.25) is 0 Å². The van der Waals surface area contributed by atoms with E-state index in [1.165, 1.54) is 19.4 Å². The van der Waals surface area contributed by atoms with Crippen molar-refractivity contribution in [3.8, 4) is 0 Å². The van der Waals surface area contributed by atoms with E-state index in [0.29, 0.717) is 28.8 Å². The van der Waals surface area contributed by atoms with E-state index in [9.17, 15) is 19.7 Å². The number of benzene rings is 1. The van der Waals surface area contributed by atoms with Crippen LogP contribution in [-0.2, 0) is 4.74 Å². The lowest BCUT2D eigenvalue weighted by Crippen LogP contribution is -2.38. The zero-order chi connectivity index (χ0) is 25.8. The fourth-order valence-electron chi connectivity index (χ4n) is 4.70. The lowest BCUT2D eigenvalue weighted by Gasteiger charge is -2.28. The predicted molar refractivity (Wildman–Crippen MR) is 138 cm³/mol. The summed E-state index contributed by atoms with van der Waals surface area (Å²) in [5.74, 6) is -0.475. The Bertz CT molecular complexity index is 1160. The third kappa shape index (κ3) is 5.44. The molecule has 1 aromatic heterocycles. The highest BCUT2D eigenvalue weighted by Crippen LogP contribution is 2.35. The average Bonchev–Trinajstić information content (AvgIpc) is 3.31. The molecule has 0 unspecified atom stereocenters. The summed E-state index contributed by atoms with van der Waals surface area (Å²) < 4.78 is 6.09. The van der Waals surface area contributed by atoms with Gasteiger partial charge in [0.25, 0.3) is 17.5 Å². The van der Waals surface area contributed by atoms with Crippen LogP contribution in [0.5, 0.6) is 0 Å². The topological polar surface area (TPSA) is 130 Å². The standard InChI is InChI=1S/C24H29BrN6O5/c1-26-17-8-15(11-27-12-17)23(32)30-13-19(21(14-30)36-2)28-22-18(9-16(25)10-20(22)31(34)35)24(33)29-6-4-3-5-7-29/h8-12,19,21,26,28H,3-7,13-14H2,1-2H3/t19-,21-/m0/s1. The maximum absolute atomic E-state index is 13.4. The number of methoxy groups -OCH3 is 1. The first-order valence-corrected chi connectivity index (χ1v) is 12.6. The first kappa shape index (κ1) is 25.8. The molecular formula is C24H29BrN6O5. The molecule has 192 valence electrons. The third-order valence-corrected chi connectivity index (χ3v) is 7.07. The number of halogens is 1. The van der Waals surface area contributed by atoms with E-state index in [4.69, 9.17) is 4.74 Å². The van der Waals surface area contributed by atoms with Gasteiger partial charge in [0, 0.05) is 63.3 Å². The first-order valence-electron chi connectivity index (χ1n) is 11.8. The van der Waals surface area contributed by atoms with Gasteiger partial charge in [0.1, 0.15) is 5.69 Å². The fourth-order valence-corrected chi connectivity index (χ4v) is 5.15. The summed E-state index contributed by atoms with van der Waals surface area (Å²) in [5.41, 5.74) is 1.29. The molecule has 12 heteroatoms.